The van der Waals surface area contributed by atoms with Gasteiger partial charge in [-0.25, -0.2) is 0 Å². The molecule has 17 heavy (non-hydrogen) atoms. The van der Waals surface area contributed by atoms with Crippen molar-refractivity contribution >= 4 is 44.4 Å². The smallest absolute Gasteiger partial charge is 0.252 e. The standard InChI is InChI=1S/C12H15BrINO2/c1-12(2,7-16)6-15-11(17)9-5-8(13)3-4-10(9)14/h3-5,16H,6-7H2,1-2H3,(H,15,17). The first-order chi connectivity index (χ1) is 7.85. The van der Waals surface area contributed by atoms with Gasteiger partial charge in [0.25, 0.3) is 5.91 Å². The number of rotatable bonds is 4. The van der Waals surface area contributed by atoms with Gasteiger partial charge in [0.15, 0.2) is 0 Å². The molecule has 0 saturated heterocycles. The Kier molecular flexibility index (Phi) is 5.40. The molecule has 0 aliphatic carbocycles. The third-order valence-electron chi connectivity index (χ3n) is 2.33. The second-order valence-electron chi connectivity index (χ2n) is 4.63. The molecular formula is C12H15BrINO2. The molecule has 1 rings (SSSR count). The lowest BCUT2D eigenvalue weighted by Gasteiger charge is -2.22. The molecule has 0 aliphatic rings. The van der Waals surface area contributed by atoms with E-state index in [0.29, 0.717) is 12.1 Å². The molecule has 0 bridgehead atoms. The van der Waals surface area contributed by atoms with Crippen molar-refractivity contribution in [2.75, 3.05) is 13.2 Å². The number of aliphatic hydroxyl groups excluding tert-OH is 1. The van der Waals surface area contributed by atoms with Gasteiger partial charge in [-0.2, -0.15) is 0 Å². The van der Waals surface area contributed by atoms with E-state index in [2.05, 4.69) is 43.8 Å². The number of amides is 1. The Bertz CT molecular complexity index is 421. The maximum atomic E-state index is 12.0. The average molecular weight is 412 g/mol. The van der Waals surface area contributed by atoms with Crippen LogP contribution in [0.3, 0.4) is 0 Å². The molecule has 3 nitrogen and oxygen atoms in total. The van der Waals surface area contributed by atoms with E-state index in [1.165, 1.54) is 0 Å². The number of carbonyl (C=O) groups is 1. The zero-order valence-electron chi connectivity index (χ0n) is 9.76. The van der Waals surface area contributed by atoms with Crippen LogP contribution in [0.15, 0.2) is 22.7 Å². The Morgan fingerprint density at radius 1 is 1.53 bits per heavy atom. The summed E-state index contributed by atoms with van der Waals surface area (Å²) in [5.41, 5.74) is 0.348. The van der Waals surface area contributed by atoms with Gasteiger partial charge in [0.05, 0.1) is 5.56 Å². The van der Waals surface area contributed by atoms with E-state index in [1.807, 2.05) is 26.0 Å². The Labute approximate surface area is 123 Å². The predicted octanol–water partition coefficient (Wildman–Crippen LogP) is 2.80. The van der Waals surface area contributed by atoms with Crippen LogP contribution >= 0.6 is 38.5 Å². The first-order valence-electron chi connectivity index (χ1n) is 5.20. The maximum Gasteiger partial charge on any atom is 0.252 e. The fraction of sp³-hybridized carbons (Fsp3) is 0.417. The second-order valence-corrected chi connectivity index (χ2v) is 6.71. The summed E-state index contributed by atoms with van der Waals surface area (Å²) in [5.74, 6) is -0.114. The maximum absolute atomic E-state index is 12.0. The summed E-state index contributed by atoms with van der Waals surface area (Å²) in [6.45, 7) is 4.30. The van der Waals surface area contributed by atoms with Crippen LogP contribution < -0.4 is 5.32 Å². The van der Waals surface area contributed by atoms with E-state index in [1.54, 1.807) is 6.07 Å². The van der Waals surface area contributed by atoms with E-state index >= 15 is 0 Å². The highest BCUT2D eigenvalue weighted by atomic mass is 127. The number of aliphatic hydroxyl groups is 1. The number of nitrogens with one attached hydrogen (secondary N) is 1. The van der Waals surface area contributed by atoms with Crippen molar-refractivity contribution in [2.45, 2.75) is 13.8 Å². The molecule has 5 heteroatoms. The average Bonchev–Trinajstić information content (AvgIpc) is 2.29. The van der Waals surface area contributed by atoms with Crippen LogP contribution in [0, 0.1) is 8.99 Å². The van der Waals surface area contributed by atoms with Crippen molar-refractivity contribution < 1.29 is 9.90 Å². The number of halogens is 2. The van der Waals surface area contributed by atoms with Gasteiger partial charge in [-0.1, -0.05) is 29.8 Å². The molecule has 0 radical (unpaired) electrons. The lowest BCUT2D eigenvalue weighted by molar-refractivity contribution is 0.0910. The van der Waals surface area contributed by atoms with Crippen molar-refractivity contribution in [1.82, 2.24) is 5.32 Å². The highest BCUT2D eigenvalue weighted by Gasteiger charge is 2.18. The SMILES string of the molecule is CC(C)(CO)CNC(=O)c1cc(Br)ccc1I. The molecule has 2 N–H and O–H groups in total. The minimum atomic E-state index is -0.299. The van der Waals surface area contributed by atoms with Crippen molar-refractivity contribution in [1.29, 1.82) is 0 Å². The van der Waals surface area contributed by atoms with Gasteiger partial charge in [0, 0.05) is 26.6 Å². The van der Waals surface area contributed by atoms with Gasteiger partial charge in [0.1, 0.15) is 0 Å². The zero-order chi connectivity index (χ0) is 13.1. The summed E-state index contributed by atoms with van der Waals surface area (Å²) in [7, 11) is 0. The van der Waals surface area contributed by atoms with Crippen LogP contribution in [0.2, 0.25) is 0 Å². The number of benzene rings is 1. The van der Waals surface area contributed by atoms with Crippen LogP contribution in [0.4, 0.5) is 0 Å². The minimum Gasteiger partial charge on any atom is -0.396 e. The molecule has 94 valence electrons. The topological polar surface area (TPSA) is 49.3 Å². The molecule has 0 atom stereocenters. The molecule has 1 aromatic rings. The van der Waals surface area contributed by atoms with Crippen molar-refractivity contribution in [2.24, 2.45) is 5.41 Å². The van der Waals surface area contributed by atoms with E-state index in [4.69, 9.17) is 5.11 Å². The normalized spacial score (nSPS) is 11.4. The summed E-state index contributed by atoms with van der Waals surface area (Å²) in [6.07, 6.45) is 0. The summed E-state index contributed by atoms with van der Waals surface area (Å²) in [5, 5.41) is 11.9. The number of hydrogen-bond acceptors (Lipinski definition) is 2. The van der Waals surface area contributed by atoms with Crippen LogP contribution in [-0.2, 0) is 0 Å². The van der Waals surface area contributed by atoms with Gasteiger partial charge in [-0.3, -0.25) is 4.79 Å². The molecule has 0 saturated carbocycles. The summed E-state index contributed by atoms with van der Waals surface area (Å²) in [6, 6.07) is 5.58. The highest BCUT2D eigenvalue weighted by Crippen LogP contribution is 2.19. The zero-order valence-corrected chi connectivity index (χ0v) is 13.5. The Balaban J connectivity index is 2.74. The monoisotopic (exact) mass is 411 g/mol. The Hall–Kier alpha value is -0.140. The lowest BCUT2D eigenvalue weighted by atomic mass is 9.95. The molecule has 1 amide bonds. The van der Waals surface area contributed by atoms with Gasteiger partial charge in [-0.15, -0.1) is 0 Å². The predicted molar refractivity (Wildman–Crippen MR) is 80.1 cm³/mol. The molecular weight excluding hydrogens is 397 g/mol. The van der Waals surface area contributed by atoms with Crippen LogP contribution in [0.1, 0.15) is 24.2 Å². The molecule has 0 spiro atoms. The van der Waals surface area contributed by atoms with Gasteiger partial charge in [-0.05, 0) is 40.8 Å². The second kappa shape index (κ2) is 6.15. The summed E-state index contributed by atoms with van der Waals surface area (Å²) in [4.78, 5) is 12.0. The quantitative estimate of drug-likeness (QED) is 0.748. The third-order valence-corrected chi connectivity index (χ3v) is 3.76. The first kappa shape index (κ1) is 14.9. The van der Waals surface area contributed by atoms with E-state index in [9.17, 15) is 4.79 Å². The van der Waals surface area contributed by atoms with Crippen LogP contribution in [0.25, 0.3) is 0 Å². The summed E-state index contributed by atoms with van der Waals surface area (Å²) < 4.78 is 1.79. The molecule has 0 fully saturated rings. The molecule has 0 aromatic heterocycles. The van der Waals surface area contributed by atoms with Gasteiger partial charge >= 0.3 is 0 Å². The Morgan fingerprint density at radius 2 is 2.18 bits per heavy atom. The number of hydrogen-bond donors (Lipinski definition) is 2. The molecule has 0 heterocycles. The minimum absolute atomic E-state index is 0.0445. The van der Waals surface area contributed by atoms with Gasteiger partial charge < -0.3 is 10.4 Å². The van der Waals surface area contributed by atoms with Crippen LogP contribution in [0.5, 0.6) is 0 Å². The van der Waals surface area contributed by atoms with Crippen molar-refractivity contribution in [3.63, 3.8) is 0 Å². The van der Waals surface area contributed by atoms with E-state index < -0.39 is 0 Å². The molecule has 0 unspecified atom stereocenters. The first-order valence-corrected chi connectivity index (χ1v) is 7.07. The fourth-order valence-electron chi connectivity index (χ4n) is 1.14. The highest BCUT2D eigenvalue weighted by molar-refractivity contribution is 14.1. The van der Waals surface area contributed by atoms with Crippen molar-refractivity contribution in [3.05, 3.63) is 31.8 Å². The Morgan fingerprint density at radius 3 is 2.76 bits per heavy atom. The third kappa shape index (κ3) is 4.56. The fourth-order valence-corrected chi connectivity index (χ4v) is 2.08. The van der Waals surface area contributed by atoms with Gasteiger partial charge in [0.2, 0.25) is 0 Å². The largest absolute Gasteiger partial charge is 0.396 e. The molecule has 1 aromatic carbocycles. The van der Waals surface area contributed by atoms with E-state index in [-0.39, 0.29) is 17.9 Å². The lowest BCUT2D eigenvalue weighted by Crippen LogP contribution is -2.36. The number of carbonyl (C=O) groups excluding carboxylic acids is 1. The summed E-state index contributed by atoms with van der Waals surface area (Å²) >= 11 is 5.48. The van der Waals surface area contributed by atoms with E-state index in [0.717, 1.165) is 8.04 Å². The molecule has 0 aliphatic heterocycles. The van der Waals surface area contributed by atoms with Crippen molar-refractivity contribution in [3.8, 4) is 0 Å². The van der Waals surface area contributed by atoms with Crippen LogP contribution in [-0.4, -0.2) is 24.2 Å².